The molecule has 2 aliphatic heterocycles. The minimum Gasteiger partial charge on any atom is -0.368 e. The predicted octanol–water partition coefficient (Wildman–Crippen LogP) is 3.60. The first-order valence-corrected chi connectivity index (χ1v) is 11.8. The maximum atomic E-state index is 13.6. The van der Waals surface area contributed by atoms with E-state index in [0.29, 0.717) is 39.0 Å². The molecule has 3 aliphatic rings. The van der Waals surface area contributed by atoms with E-state index >= 15 is 0 Å². The van der Waals surface area contributed by atoms with Crippen molar-refractivity contribution >= 4 is 23.4 Å². The normalized spacial score (nSPS) is 23.2. The zero-order valence-electron chi connectivity index (χ0n) is 19.1. The number of nitrogens with zero attached hydrogens (tertiary/aromatic N) is 3. The molecule has 1 atom stereocenters. The van der Waals surface area contributed by atoms with Gasteiger partial charge in [0.15, 0.2) is 0 Å². The molecule has 1 saturated carbocycles. The van der Waals surface area contributed by atoms with Gasteiger partial charge in [0.2, 0.25) is 17.7 Å². The number of benzene rings is 2. The molecule has 0 N–H and O–H groups in total. The SMILES string of the molecule is O=C(CC1(c2cccc(C(F)(F)F)c2)CC(=O)N(C2CC2)C1=O)N1CCN(c2ccccc2)CC1. The molecular weight excluding hydrogens is 459 g/mol. The Morgan fingerprint density at radius 1 is 0.943 bits per heavy atom. The summed E-state index contributed by atoms with van der Waals surface area (Å²) in [6.45, 7) is 2.07. The van der Waals surface area contributed by atoms with E-state index in [4.69, 9.17) is 0 Å². The number of imide groups is 1. The number of hydrogen-bond acceptors (Lipinski definition) is 4. The fourth-order valence-corrected chi connectivity index (χ4v) is 5.15. The third-order valence-electron chi connectivity index (χ3n) is 7.21. The molecule has 3 fully saturated rings. The second kappa shape index (κ2) is 8.70. The van der Waals surface area contributed by atoms with Crippen LogP contribution in [0.3, 0.4) is 0 Å². The summed E-state index contributed by atoms with van der Waals surface area (Å²) in [5.41, 5.74) is -1.39. The van der Waals surface area contributed by atoms with Crippen molar-refractivity contribution in [1.82, 2.24) is 9.80 Å². The number of anilines is 1. The van der Waals surface area contributed by atoms with Crippen molar-refractivity contribution in [1.29, 1.82) is 0 Å². The molecular formula is C26H26F3N3O3. The van der Waals surface area contributed by atoms with Gasteiger partial charge in [-0.2, -0.15) is 13.2 Å². The van der Waals surface area contributed by atoms with Crippen LogP contribution in [-0.2, 0) is 26.0 Å². The van der Waals surface area contributed by atoms with Crippen LogP contribution in [0.5, 0.6) is 0 Å². The zero-order chi connectivity index (χ0) is 24.8. The van der Waals surface area contributed by atoms with Crippen LogP contribution >= 0.6 is 0 Å². The topological polar surface area (TPSA) is 60.9 Å². The Balaban J connectivity index is 1.40. The third-order valence-corrected chi connectivity index (χ3v) is 7.21. The van der Waals surface area contributed by atoms with Crippen LogP contribution in [0, 0.1) is 0 Å². The molecule has 6 nitrogen and oxygen atoms in total. The molecule has 0 radical (unpaired) electrons. The zero-order valence-corrected chi connectivity index (χ0v) is 19.1. The standard InChI is InChI=1S/C26H26F3N3O3/c27-26(28,29)19-6-4-5-18(15-19)25(17-23(34)32(24(25)35)21-9-10-21)16-22(33)31-13-11-30(12-14-31)20-7-2-1-3-8-20/h1-8,15,21H,9-14,16-17H2. The monoisotopic (exact) mass is 485 g/mol. The average molecular weight is 486 g/mol. The Morgan fingerprint density at radius 3 is 2.26 bits per heavy atom. The summed E-state index contributed by atoms with van der Waals surface area (Å²) in [5, 5.41) is 0. The van der Waals surface area contributed by atoms with Crippen LogP contribution in [0.1, 0.15) is 36.8 Å². The fourth-order valence-electron chi connectivity index (χ4n) is 5.15. The van der Waals surface area contributed by atoms with Gasteiger partial charge in [-0.15, -0.1) is 0 Å². The third kappa shape index (κ3) is 4.39. The molecule has 0 bridgehead atoms. The summed E-state index contributed by atoms with van der Waals surface area (Å²) in [5.74, 6) is -1.30. The number of rotatable bonds is 5. The molecule has 3 amide bonds. The number of hydrogen-bond donors (Lipinski definition) is 0. The van der Waals surface area contributed by atoms with E-state index in [1.165, 1.54) is 17.0 Å². The van der Waals surface area contributed by atoms with Crippen molar-refractivity contribution in [2.24, 2.45) is 0 Å². The van der Waals surface area contributed by atoms with Gasteiger partial charge in [-0.25, -0.2) is 0 Å². The number of para-hydroxylation sites is 1. The maximum absolute atomic E-state index is 13.6. The van der Waals surface area contributed by atoms with Crippen LogP contribution in [0.25, 0.3) is 0 Å². The minimum absolute atomic E-state index is 0.0742. The highest BCUT2D eigenvalue weighted by molar-refractivity contribution is 6.11. The van der Waals surface area contributed by atoms with Crippen LogP contribution < -0.4 is 4.90 Å². The molecule has 1 aliphatic carbocycles. The summed E-state index contributed by atoms with van der Waals surface area (Å²) in [6.07, 6.45) is -3.85. The number of piperazine rings is 1. The average Bonchev–Trinajstić information content (AvgIpc) is 3.65. The Morgan fingerprint density at radius 2 is 1.63 bits per heavy atom. The van der Waals surface area contributed by atoms with Gasteiger partial charge < -0.3 is 9.80 Å². The summed E-state index contributed by atoms with van der Waals surface area (Å²) in [7, 11) is 0. The van der Waals surface area contributed by atoms with Gasteiger partial charge in [0.05, 0.1) is 11.0 Å². The predicted molar refractivity (Wildman–Crippen MR) is 122 cm³/mol. The maximum Gasteiger partial charge on any atom is 0.416 e. The molecule has 1 unspecified atom stereocenters. The number of amides is 3. The van der Waals surface area contributed by atoms with E-state index in [0.717, 1.165) is 17.8 Å². The van der Waals surface area contributed by atoms with Crippen molar-refractivity contribution in [2.75, 3.05) is 31.1 Å². The van der Waals surface area contributed by atoms with Crippen LogP contribution in [0.4, 0.5) is 18.9 Å². The molecule has 2 aromatic carbocycles. The van der Waals surface area contributed by atoms with E-state index < -0.39 is 29.0 Å². The molecule has 2 saturated heterocycles. The largest absolute Gasteiger partial charge is 0.416 e. The van der Waals surface area contributed by atoms with Crippen molar-refractivity contribution in [3.8, 4) is 0 Å². The first-order chi connectivity index (χ1) is 16.7. The highest BCUT2D eigenvalue weighted by Crippen LogP contribution is 2.45. The summed E-state index contributed by atoms with van der Waals surface area (Å²) in [6, 6.07) is 14.1. The molecule has 35 heavy (non-hydrogen) atoms. The van der Waals surface area contributed by atoms with Gasteiger partial charge in [-0.1, -0.05) is 36.4 Å². The second-order valence-electron chi connectivity index (χ2n) is 9.52. The molecule has 2 aromatic rings. The van der Waals surface area contributed by atoms with Crippen LogP contribution in [0.2, 0.25) is 0 Å². The number of halogens is 3. The van der Waals surface area contributed by atoms with Gasteiger partial charge in [-0.3, -0.25) is 19.3 Å². The molecule has 0 spiro atoms. The van der Waals surface area contributed by atoms with Gasteiger partial charge in [0.25, 0.3) is 0 Å². The highest BCUT2D eigenvalue weighted by atomic mass is 19.4. The van der Waals surface area contributed by atoms with Crippen molar-refractivity contribution in [2.45, 2.75) is 43.3 Å². The Hall–Kier alpha value is -3.36. The lowest BCUT2D eigenvalue weighted by atomic mass is 9.75. The molecule has 2 heterocycles. The number of carbonyl (C=O) groups is 3. The number of likely N-dealkylation sites (tertiary alicyclic amines) is 1. The molecule has 5 rings (SSSR count). The van der Waals surface area contributed by atoms with Crippen molar-refractivity contribution in [3.05, 3.63) is 65.7 Å². The molecule has 9 heteroatoms. The first kappa shape index (κ1) is 23.4. The lowest BCUT2D eigenvalue weighted by Crippen LogP contribution is -2.51. The quantitative estimate of drug-likeness (QED) is 0.608. The van der Waals surface area contributed by atoms with Gasteiger partial charge in [-0.05, 0) is 36.6 Å². The lowest BCUT2D eigenvalue weighted by Gasteiger charge is -2.38. The van der Waals surface area contributed by atoms with Gasteiger partial charge in [0.1, 0.15) is 0 Å². The van der Waals surface area contributed by atoms with E-state index in [-0.39, 0.29) is 30.4 Å². The van der Waals surface area contributed by atoms with E-state index in [1.807, 2.05) is 30.3 Å². The van der Waals surface area contributed by atoms with E-state index in [1.54, 1.807) is 4.90 Å². The van der Waals surface area contributed by atoms with Crippen molar-refractivity contribution < 1.29 is 27.6 Å². The Bertz CT molecular complexity index is 1140. The smallest absolute Gasteiger partial charge is 0.368 e. The van der Waals surface area contributed by atoms with E-state index in [9.17, 15) is 27.6 Å². The fraction of sp³-hybridized carbons (Fsp3) is 0.423. The van der Waals surface area contributed by atoms with Crippen LogP contribution in [-0.4, -0.2) is 59.7 Å². The van der Waals surface area contributed by atoms with Gasteiger partial charge >= 0.3 is 6.18 Å². The van der Waals surface area contributed by atoms with Crippen molar-refractivity contribution in [3.63, 3.8) is 0 Å². The summed E-state index contributed by atoms with van der Waals surface area (Å²) in [4.78, 5) is 44.8. The number of alkyl halides is 3. The van der Waals surface area contributed by atoms with E-state index in [2.05, 4.69) is 4.90 Å². The lowest BCUT2D eigenvalue weighted by molar-refractivity contribution is -0.143. The molecule has 184 valence electrons. The number of carbonyl (C=O) groups excluding carboxylic acids is 3. The van der Waals surface area contributed by atoms with Crippen LogP contribution in [0.15, 0.2) is 54.6 Å². The van der Waals surface area contributed by atoms with Gasteiger partial charge in [0, 0.05) is 50.7 Å². The summed E-state index contributed by atoms with van der Waals surface area (Å²) >= 11 is 0. The minimum atomic E-state index is -4.60. The molecule has 0 aromatic heterocycles. The Kier molecular flexibility index (Phi) is 5.81. The summed E-state index contributed by atoms with van der Waals surface area (Å²) < 4.78 is 40.4. The Labute approximate surface area is 201 Å². The first-order valence-electron chi connectivity index (χ1n) is 11.8. The highest BCUT2D eigenvalue weighted by Gasteiger charge is 2.57. The second-order valence-corrected chi connectivity index (χ2v) is 9.52.